The van der Waals surface area contributed by atoms with Crippen molar-refractivity contribution in [1.29, 1.82) is 0 Å². The minimum absolute atomic E-state index is 0.231. The Kier molecular flexibility index (Phi) is 13.1. The van der Waals surface area contributed by atoms with E-state index in [1.54, 1.807) is 36.1 Å². The number of carboxylic acid groups (broad SMARTS) is 1. The Balaban J connectivity index is 1.30. The summed E-state index contributed by atoms with van der Waals surface area (Å²) in [7, 11) is 0. The van der Waals surface area contributed by atoms with Crippen LogP contribution in [-0.4, -0.2) is 61.0 Å². The van der Waals surface area contributed by atoms with Crippen molar-refractivity contribution in [2.75, 3.05) is 38.2 Å². The zero-order valence-electron chi connectivity index (χ0n) is 25.5. The number of urea groups is 1. The summed E-state index contributed by atoms with van der Waals surface area (Å²) >= 11 is 0. The Morgan fingerprint density at radius 3 is 1.93 bits per heavy atom. The lowest BCUT2D eigenvalue weighted by Gasteiger charge is -2.23. The van der Waals surface area contributed by atoms with Gasteiger partial charge in [-0.25, -0.2) is 9.59 Å². The molecule has 2 amide bonds. The number of benzene rings is 4. The molecule has 9 nitrogen and oxygen atoms in total. The highest BCUT2D eigenvalue weighted by atomic mass is 16.5. The molecule has 0 fully saturated rings. The Morgan fingerprint density at radius 1 is 0.711 bits per heavy atom. The second-order valence-corrected chi connectivity index (χ2v) is 10.2. The summed E-state index contributed by atoms with van der Waals surface area (Å²) in [5, 5.41) is 12.3. The van der Waals surface area contributed by atoms with Crippen LogP contribution in [0.25, 0.3) is 0 Å². The van der Waals surface area contributed by atoms with Crippen LogP contribution in [0.5, 0.6) is 23.0 Å². The van der Waals surface area contributed by atoms with Crippen LogP contribution in [0.1, 0.15) is 25.3 Å². The molecule has 45 heavy (non-hydrogen) atoms. The smallest absolute Gasteiger partial charge is 0.333 e. The molecular formula is C36H40N2O7. The Morgan fingerprint density at radius 2 is 1.29 bits per heavy atom. The van der Waals surface area contributed by atoms with Crippen molar-refractivity contribution in [1.82, 2.24) is 4.90 Å². The summed E-state index contributed by atoms with van der Waals surface area (Å²) in [6.45, 7) is 3.83. The van der Waals surface area contributed by atoms with Crippen LogP contribution in [0.15, 0.2) is 109 Å². The number of nitrogens with one attached hydrogen (secondary N) is 1. The fourth-order valence-electron chi connectivity index (χ4n) is 4.49. The van der Waals surface area contributed by atoms with Crippen molar-refractivity contribution in [2.45, 2.75) is 32.3 Å². The van der Waals surface area contributed by atoms with Gasteiger partial charge < -0.3 is 34.3 Å². The van der Waals surface area contributed by atoms with Crippen LogP contribution < -0.4 is 19.5 Å². The van der Waals surface area contributed by atoms with Crippen molar-refractivity contribution < 1.29 is 33.6 Å². The number of nitrogens with zero attached hydrogens (tertiary/aromatic N) is 1. The molecule has 0 saturated carbocycles. The van der Waals surface area contributed by atoms with Gasteiger partial charge >= 0.3 is 12.0 Å². The third kappa shape index (κ3) is 11.5. The number of para-hydroxylation sites is 2. The number of carboxylic acids is 1. The molecule has 9 heteroatoms. The molecule has 4 aromatic carbocycles. The first-order chi connectivity index (χ1) is 22.0. The van der Waals surface area contributed by atoms with Gasteiger partial charge in [-0.05, 0) is 86.0 Å². The Labute approximate surface area is 264 Å². The Hall–Kier alpha value is -5.02. The van der Waals surface area contributed by atoms with Crippen LogP contribution in [0.4, 0.5) is 10.5 Å². The van der Waals surface area contributed by atoms with E-state index in [1.807, 2.05) is 84.9 Å². The predicted octanol–water partition coefficient (Wildman–Crippen LogP) is 7.28. The number of anilines is 1. The van der Waals surface area contributed by atoms with E-state index in [0.717, 1.165) is 29.9 Å². The van der Waals surface area contributed by atoms with Crippen molar-refractivity contribution in [3.05, 3.63) is 115 Å². The molecular weight excluding hydrogens is 572 g/mol. The van der Waals surface area contributed by atoms with Crippen LogP contribution in [0, 0.1) is 0 Å². The molecule has 0 aliphatic carbocycles. The molecule has 1 unspecified atom stereocenters. The van der Waals surface area contributed by atoms with Crippen molar-refractivity contribution in [3.63, 3.8) is 0 Å². The zero-order valence-corrected chi connectivity index (χ0v) is 25.5. The minimum Gasteiger partial charge on any atom is -0.494 e. The first-order valence-corrected chi connectivity index (χ1v) is 15.1. The van der Waals surface area contributed by atoms with E-state index in [9.17, 15) is 14.7 Å². The lowest BCUT2D eigenvalue weighted by molar-refractivity contribution is -0.149. The van der Waals surface area contributed by atoms with Crippen LogP contribution in [0.3, 0.4) is 0 Å². The van der Waals surface area contributed by atoms with Gasteiger partial charge in [0.2, 0.25) is 0 Å². The maximum Gasteiger partial charge on any atom is 0.333 e. The fourth-order valence-corrected chi connectivity index (χ4v) is 4.49. The lowest BCUT2D eigenvalue weighted by atomic mass is 10.1. The van der Waals surface area contributed by atoms with E-state index < -0.39 is 12.1 Å². The van der Waals surface area contributed by atoms with Gasteiger partial charge in [-0.2, -0.15) is 0 Å². The number of hydrogen-bond donors (Lipinski definition) is 2. The molecule has 1 atom stereocenters. The van der Waals surface area contributed by atoms with Gasteiger partial charge in [0, 0.05) is 25.3 Å². The molecule has 0 aliphatic rings. The zero-order chi connectivity index (χ0) is 31.7. The number of carbonyl (C=O) groups excluding carboxylic acids is 1. The number of amides is 2. The van der Waals surface area contributed by atoms with E-state index in [4.69, 9.17) is 18.9 Å². The Bertz CT molecular complexity index is 1430. The van der Waals surface area contributed by atoms with Crippen LogP contribution in [0.2, 0.25) is 0 Å². The van der Waals surface area contributed by atoms with Crippen molar-refractivity contribution in [2.24, 2.45) is 0 Å². The van der Waals surface area contributed by atoms with E-state index in [1.165, 1.54) is 0 Å². The molecule has 2 N–H and O–H groups in total. The summed E-state index contributed by atoms with van der Waals surface area (Å²) in [6.07, 6.45) is 0.916. The van der Waals surface area contributed by atoms with E-state index in [-0.39, 0.29) is 19.1 Å². The molecule has 236 valence electrons. The molecule has 4 rings (SSSR count). The topological polar surface area (TPSA) is 107 Å². The van der Waals surface area contributed by atoms with E-state index >= 15 is 0 Å². The van der Waals surface area contributed by atoms with Gasteiger partial charge in [-0.1, -0.05) is 48.5 Å². The number of hydrogen-bond acceptors (Lipinski definition) is 6. The van der Waals surface area contributed by atoms with Gasteiger partial charge in [0.1, 0.15) is 29.6 Å². The molecule has 0 aromatic heterocycles. The average molecular weight is 613 g/mol. The van der Waals surface area contributed by atoms with Gasteiger partial charge in [0.15, 0.2) is 6.10 Å². The van der Waals surface area contributed by atoms with Crippen molar-refractivity contribution >= 4 is 17.7 Å². The molecule has 0 aliphatic heterocycles. The highest BCUT2D eigenvalue weighted by molar-refractivity contribution is 5.89. The molecule has 0 bridgehead atoms. The number of aliphatic carboxylic acids is 1. The summed E-state index contributed by atoms with van der Waals surface area (Å²) in [5.74, 6) is 1.88. The summed E-state index contributed by atoms with van der Waals surface area (Å²) in [4.78, 5) is 26.4. The fraction of sp³-hybridized carbons (Fsp3) is 0.278. The summed E-state index contributed by atoms with van der Waals surface area (Å²) < 4.78 is 22.9. The van der Waals surface area contributed by atoms with E-state index in [0.29, 0.717) is 43.5 Å². The molecule has 0 radical (unpaired) electrons. The van der Waals surface area contributed by atoms with Crippen LogP contribution in [-0.2, 0) is 16.0 Å². The SMILES string of the molecule is CCOC(Cc1ccc(OCCN(CCCCOc2ccccc2)C(=O)Nc2ccc(Oc3ccccc3)cc2)cc1)C(=O)O. The van der Waals surface area contributed by atoms with Gasteiger partial charge in [-0.15, -0.1) is 0 Å². The second kappa shape index (κ2) is 17.9. The van der Waals surface area contributed by atoms with Gasteiger partial charge in [-0.3, -0.25) is 0 Å². The monoisotopic (exact) mass is 612 g/mol. The third-order valence-electron chi connectivity index (χ3n) is 6.82. The minimum atomic E-state index is -0.987. The first kappa shape index (κ1) is 32.9. The molecule has 0 heterocycles. The summed E-state index contributed by atoms with van der Waals surface area (Å²) in [5.41, 5.74) is 1.49. The first-order valence-electron chi connectivity index (χ1n) is 15.1. The number of unbranched alkanes of at least 4 members (excludes halogenated alkanes) is 1. The highest BCUT2D eigenvalue weighted by Gasteiger charge is 2.18. The van der Waals surface area contributed by atoms with Crippen molar-refractivity contribution in [3.8, 4) is 23.0 Å². The average Bonchev–Trinajstić information content (AvgIpc) is 3.06. The standard InChI is InChI=1S/C36H40N2O7/c1-2-42-34(35(39)40)27-28-15-19-31(20-16-28)44-26-24-38(23-9-10-25-43-30-11-5-3-6-12-30)36(41)37-29-17-21-33(22-18-29)45-32-13-7-4-8-14-32/h3-8,11-22,34H,2,9-10,23-27H2,1H3,(H,37,41)(H,39,40). The van der Waals surface area contributed by atoms with Crippen LogP contribution >= 0.6 is 0 Å². The maximum absolute atomic E-state index is 13.3. The largest absolute Gasteiger partial charge is 0.494 e. The highest BCUT2D eigenvalue weighted by Crippen LogP contribution is 2.23. The van der Waals surface area contributed by atoms with Gasteiger partial charge in [0.25, 0.3) is 0 Å². The maximum atomic E-state index is 13.3. The molecule has 0 spiro atoms. The normalized spacial score (nSPS) is 11.3. The number of carbonyl (C=O) groups is 2. The lowest BCUT2D eigenvalue weighted by Crippen LogP contribution is -2.38. The molecule has 0 saturated heterocycles. The molecule has 4 aromatic rings. The number of rotatable bonds is 18. The van der Waals surface area contributed by atoms with E-state index in [2.05, 4.69) is 5.32 Å². The quantitative estimate of drug-likeness (QED) is 0.114. The van der Waals surface area contributed by atoms with Gasteiger partial charge in [0.05, 0.1) is 13.2 Å². The number of ether oxygens (including phenoxy) is 4. The summed E-state index contributed by atoms with van der Waals surface area (Å²) in [6, 6.07) is 33.4. The second-order valence-electron chi connectivity index (χ2n) is 10.2. The predicted molar refractivity (Wildman–Crippen MR) is 173 cm³/mol. The third-order valence-corrected chi connectivity index (χ3v) is 6.82.